The van der Waals surface area contributed by atoms with Gasteiger partial charge in [-0.3, -0.25) is 19.8 Å². The molecule has 26 heavy (non-hydrogen) atoms. The molecule has 9 heteroatoms. The average Bonchev–Trinajstić information content (AvgIpc) is 2.57. The van der Waals surface area contributed by atoms with E-state index in [2.05, 4.69) is 5.32 Å². The average molecular weight is 430 g/mol. The summed E-state index contributed by atoms with van der Waals surface area (Å²) in [7, 11) is 0. The standard InChI is InChI=1S/C17H8Cl3FN2O2S/c18-9-1-3-10(4-2-9)23-16(25)11(15(24)22-17(23)26)5-8-6-14(21)13(20)7-12(8)19/h1-7H,(H,22,24,26). The number of halogens is 4. The first-order valence-corrected chi connectivity index (χ1v) is 8.63. The fourth-order valence-electron chi connectivity index (χ4n) is 2.29. The van der Waals surface area contributed by atoms with Crippen LogP contribution < -0.4 is 10.2 Å². The van der Waals surface area contributed by atoms with Gasteiger partial charge in [0.1, 0.15) is 11.4 Å². The van der Waals surface area contributed by atoms with E-state index in [9.17, 15) is 14.0 Å². The second-order valence-corrected chi connectivity index (χ2v) is 6.86. The van der Waals surface area contributed by atoms with Crippen LogP contribution in [-0.2, 0) is 9.59 Å². The first-order valence-electron chi connectivity index (χ1n) is 7.09. The molecule has 1 saturated heterocycles. The highest BCUT2D eigenvalue weighted by molar-refractivity contribution is 7.80. The molecule has 1 heterocycles. The molecule has 1 fully saturated rings. The fraction of sp³-hybridized carbons (Fsp3) is 0. The molecule has 0 unspecified atom stereocenters. The molecule has 132 valence electrons. The van der Waals surface area contributed by atoms with Crippen molar-refractivity contribution in [3.8, 4) is 0 Å². The van der Waals surface area contributed by atoms with Crippen molar-refractivity contribution >= 4 is 75.7 Å². The SMILES string of the molecule is O=C1NC(=S)N(c2ccc(Cl)cc2)C(=O)C1=Cc1cc(F)c(Cl)cc1Cl. The Morgan fingerprint density at radius 3 is 2.35 bits per heavy atom. The monoisotopic (exact) mass is 428 g/mol. The summed E-state index contributed by atoms with van der Waals surface area (Å²) < 4.78 is 13.7. The van der Waals surface area contributed by atoms with Crippen LogP contribution in [0.2, 0.25) is 15.1 Å². The molecule has 1 aliphatic rings. The Labute approximate surface area is 168 Å². The van der Waals surface area contributed by atoms with Crippen molar-refractivity contribution in [2.24, 2.45) is 0 Å². The zero-order valence-corrected chi connectivity index (χ0v) is 15.8. The van der Waals surface area contributed by atoms with Gasteiger partial charge in [0.2, 0.25) is 0 Å². The minimum absolute atomic E-state index is 0.0761. The summed E-state index contributed by atoms with van der Waals surface area (Å²) in [6.45, 7) is 0. The third kappa shape index (κ3) is 3.59. The Morgan fingerprint density at radius 1 is 1.04 bits per heavy atom. The fourth-order valence-corrected chi connectivity index (χ4v) is 3.13. The predicted octanol–water partition coefficient (Wildman–Crippen LogP) is 4.62. The lowest BCUT2D eigenvalue weighted by Crippen LogP contribution is -2.54. The Kier molecular flexibility index (Phi) is 5.29. The van der Waals surface area contributed by atoms with Crippen molar-refractivity contribution in [2.75, 3.05) is 4.90 Å². The Bertz CT molecular complexity index is 977. The highest BCUT2D eigenvalue weighted by atomic mass is 35.5. The molecule has 1 N–H and O–H groups in total. The Morgan fingerprint density at radius 2 is 1.69 bits per heavy atom. The van der Waals surface area contributed by atoms with E-state index in [1.807, 2.05) is 0 Å². The maximum Gasteiger partial charge on any atom is 0.270 e. The van der Waals surface area contributed by atoms with Crippen LogP contribution in [0.25, 0.3) is 6.08 Å². The van der Waals surface area contributed by atoms with E-state index in [4.69, 9.17) is 47.0 Å². The molecule has 3 rings (SSSR count). The van der Waals surface area contributed by atoms with E-state index in [1.165, 1.54) is 12.1 Å². The number of hydrogen-bond donors (Lipinski definition) is 1. The molecule has 1 aliphatic heterocycles. The van der Waals surface area contributed by atoms with Crippen LogP contribution >= 0.6 is 47.0 Å². The number of anilines is 1. The molecule has 2 amide bonds. The van der Waals surface area contributed by atoms with Gasteiger partial charge in [-0.15, -0.1) is 0 Å². The predicted molar refractivity (Wildman–Crippen MR) is 104 cm³/mol. The van der Waals surface area contributed by atoms with Crippen LogP contribution in [-0.4, -0.2) is 16.9 Å². The summed E-state index contributed by atoms with van der Waals surface area (Å²) >= 11 is 22.6. The molecule has 0 radical (unpaired) electrons. The molecule has 0 spiro atoms. The highest BCUT2D eigenvalue weighted by Crippen LogP contribution is 2.28. The summed E-state index contributed by atoms with van der Waals surface area (Å²) in [5, 5.41) is 2.75. The van der Waals surface area contributed by atoms with Gasteiger partial charge in [0.25, 0.3) is 11.8 Å². The van der Waals surface area contributed by atoms with E-state index in [0.717, 1.165) is 11.0 Å². The van der Waals surface area contributed by atoms with Gasteiger partial charge < -0.3 is 0 Å². The van der Waals surface area contributed by atoms with Gasteiger partial charge in [-0.05, 0) is 60.3 Å². The van der Waals surface area contributed by atoms with Crippen LogP contribution in [0.1, 0.15) is 5.56 Å². The molecule has 0 aromatic heterocycles. The van der Waals surface area contributed by atoms with E-state index in [0.29, 0.717) is 10.7 Å². The summed E-state index contributed by atoms with van der Waals surface area (Å²) in [6.07, 6.45) is 1.18. The summed E-state index contributed by atoms with van der Waals surface area (Å²) in [5.74, 6) is -2.11. The molecule has 2 aromatic rings. The van der Waals surface area contributed by atoms with Gasteiger partial charge in [-0.2, -0.15) is 0 Å². The normalized spacial score (nSPS) is 16.2. The van der Waals surface area contributed by atoms with Crippen LogP contribution in [0.4, 0.5) is 10.1 Å². The van der Waals surface area contributed by atoms with Gasteiger partial charge in [-0.1, -0.05) is 34.8 Å². The van der Waals surface area contributed by atoms with E-state index >= 15 is 0 Å². The first-order chi connectivity index (χ1) is 12.3. The minimum Gasteiger partial charge on any atom is -0.298 e. The maximum absolute atomic E-state index is 13.7. The Hall–Kier alpha value is -1.99. The molecule has 0 aliphatic carbocycles. The summed E-state index contributed by atoms with van der Waals surface area (Å²) in [4.78, 5) is 26.2. The molecule has 0 atom stereocenters. The van der Waals surface area contributed by atoms with E-state index < -0.39 is 17.6 Å². The van der Waals surface area contributed by atoms with Gasteiger partial charge in [0.05, 0.1) is 10.7 Å². The first kappa shape index (κ1) is 18.8. The van der Waals surface area contributed by atoms with E-state index in [-0.39, 0.29) is 26.3 Å². The van der Waals surface area contributed by atoms with Crippen LogP contribution in [0.5, 0.6) is 0 Å². The number of carbonyl (C=O) groups excluding carboxylic acids is 2. The quantitative estimate of drug-likeness (QED) is 0.328. The molecule has 2 aromatic carbocycles. The summed E-state index contributed by atoms with van der Waals surface area (Å²) in [5.41, 5.74) is 0.303. The number of rotatable bonds is 2. The van der Waals surface area contributed by atoms with Crippen molar-refractivity contribution in [1.29, 1.82) is 0 Å². The van der Waals surface area contributed by atoms with Crippen LogP contribution in [0.15, 0.2) is 42.0 Å². The van der Waals surface area contributed by atoms with Crippen LogP contribution in [0.3, 0.4) is 0 Å². The molecule has 0 saturated carbocycles. The maximum atomic E-state index is 13.7. The molecular weight excluding hydrogens is 422 g/mol. The number of benzene rings is 2. The number of amides is 2. The number of hydrogen-bond acceptors (Lipinski definition) is 3. The number of nitrogens with zero attached hydrogens (tertiary/aromatic N) is 1. The minimum atomic E-state index is -0.725. The third-order valence-electron chi connectivity index (χ3n) is 3.53. The zero-order chi connectivity index (χ0) is 19.0. The third-order valence-corrected chi connectivity index (χ3v) is 4.68. The topological polar surface area (TPSA) is 49.4 Å². The van der Waals surface area contributed by atoms with Gasteiger partial charge >= 0.3 is 0 Å². The Balaban J connectivity index is 2.05. The van der Waals surface area contributed by atoms with Gasteiger partial charge in [0, 0.05) is 10.0 Å². The van der Waals surface area contributed by atoms with E-state index in [1.54, 1.807) is 24.3 Å². The van der Waals surface area contributed by atoms with Crippen molar-refractivity contribution in [3.63, 3.8) is 0 Å². The lowest BCUT2D eigenvalue weighted by Gasteiger charge is -2.29. The van der Waals surface area contributed by atoms with Crippen molar-refractivity contribution in [3.05, 3.63) is 68.4 Å². The smallest absolute Gasteiger partial charge is 0.270 e. The van der Waals surface area contributed by atoms with Gasteiger partial charge in [0.15, 0.2) is 5.11 Å². The second-order valence-electron chi connectivity index (χ2n) is 5.22. The lowest BCUT2D eigenvalue weighted by atomic mass is 10.1. The molecule has 0 bridgehead atoms. The zero-order valence-electron chi connectivity index (χ0n) is 12.7. The molecule has 4 nitrogen and oxygen atoms in total. The van der Waals surface area contributed by atoms with Gasteiger partial charge in [-0.25, -0.2) is 4.39 Å². The number of thiocarbonyl (C=S) groups is 1. The van der Waals surface area contributed by atoms with Crippen LogP contribution in [0, 0.1) is 5.82 Å². The van der Waals surface area contributed by atoms with Crippen molar-refractivity contribution in [2.45, 2.75) is 0 Å². The highest BCUT2D eigenvalue weighted by Gasteiger charge is 2.34. The molecular formula is C17H8Cl3FN2O2S. The number of nitrogens with one attached hydrogen (secondary N) is 1. The number of carbonyl (C=O) groups is 2. The second kappa shape index (κ2) is 7.32. The summed E-state index contributed by atoms with van der Waals surface area (Å²) in [6, 6.07) is 8.55. The van der Waals surface area contributed by atoms with Crippen molar-refractivity contribution in [1.82, 2.24) is 5.32 Å². The largest absolute Gasteiger partial charge is 0.298 e. The lowest BCUT2D eigenvalue weighted by molar-refractivity contribution is -0.122. The van der Waals surface area contributed by atoms with Crippen molar-refractivity contribution < 1.29 is 14.0 Å².